The van der Waals surface area contributed by atoms with Crippen molar-refractivity contribution in [2.45, 2.75) is 6.10 Å². The summed E-state index contributed by atoms with van der Waals surface area (Å²) in [6.45, 7) is 1.14. The summed E-state index contributed by atoms with van der Waals surface area (Å²) in [5.41, 5.74) is 5.45. The number of hydrogen-bond acceptors (Lipinski definition) is 4. The number of aromatic amines is 1. The molecule has 18 heavy (non-hydrogen) atoms. The van der Waals surface area contributed by atoms with Crippen LogP contribution in [0.3, 0.4) is 0 Å². The second-order valence-corrected chi connectivity index (χ2v) is 4.41. The van der Waals surface area contributed by atoms with Gasteiger partial charge in [-0.15, -0.1) is 0 Å². The fourth-order valence-electron chi connectivity index (χ4n) is 1.75. The average Bonchev–Trinajstić information content (AvgIpc) is 2.38. The first-order chi connectivity index (χ1) is 8.58. The summed E-state index contributed by atoms with van der Waals surface area (Å²) in [5.74, 6) is -0.253. The van der Waals surface area contributed by atoms with Crippen molar-refractivity contribution in [2.24, 2.45) is 5.73 Å². The van der Waals surface area contributed by atoms with Crippen molar-refractivity contribution in [2.75, 3.05) is 19.7 Å². The highest BCUT2D eigenvalue weighted by molar-refractivity contribution is 7.80. The van der Waals surface area contributed by atoms with Crippen LogP contribution in [0.5, 0.6) is 0 Å². The minimum atomic E-state index is -0.423. The standard InChI is InChI=1S/C11H13N3O3S/c12-10(18)8-6-14(4-5-17-8)11(16)7-2-1-3-9(15)13-7/h1-3,8H,4-6H2,(H2,12,18)(H,13,15). The molecule has 7 heteroatoms. The summed E-state index contributed by atoms with van der Waals surface area (Å²) in [6.07, 6.45) is -0.423. The Hall–Kier alpha value is -1.73. The average molecular weight is 267 g/mol. The maximum Gasteiger partial charge on any atom is 0.270 e. The van der Waals surface area contributed by atoms with Gasteiger partial charge >= 0.3 is 0 Å². The number of thiocarbonyl (C=S) groups is 1. The van der Waals surface area contributed by atoms with Crippen LogP contribution in [0, 0.1) is 0 Å². The van der Waals surface area contributed by atoms with E-state index >= 15 is 0 Å². The molecule has 3 N–H and O–H groups in total. The highest BCUT2D eigenvalue weighted by atomic mass is 32.1. The van der Waals surface area contributed by atoms with Crippen LogP contribution in [0.4, 0.5) is 0 Å². The van der Waals surface area contributed by atoms with Gasteiger partial charge in [-0.05, 0) is 6.07 Å². The molecule has 96 valence electrons. The van der Waals surface area contributed by atoms with E-state index in [4.69, 9.17) is 22.7 Å². The lowest BCUT2D eigenvalue weighted by Gasteiger charge is -2.32. The van der Waals surface area contributed by atoms with Crippen LogP contribution in [0.15, 0.2) is 23.0 Å². The lowest BCUT2D eigenvalue weighted by atomic mass is 10.2. The minimum absolute atomic E-state index is 0.231. The summed E-state index contributed by atoms with van der Waals surface area (Å²) < 4.78 is 5.35. The number of ether oxygens (including phenoxy) is 1. The zero-order valence-corrected chi connectivity index (χ0v) is 10.4. The third-order valence-electron chi connectivity index (χ3n) is 2.67. The zero-order valence-electron chi connectivity index (χ0n) is 9.59. The third kappa shape index (κ3) is 2.74. The lowest BCUT2D eigenvalue weighted by Crippen LogP contribution is -2.50. The monoisotopic (exact) mass is 267 g/mol. The van der Waals surface area contributed by atoms with E-state index in [0.29, 0.717) is 19.7 Å². The molecule has 1 aromatic heterocycles. The first kappa shape index (κ1) is 12.7. The van der Waals surface area contributed by atoms with Crippen molar-refractivity contribution in [1.29, 1.82) is 0 Å². The van der Waals surface area contributed by atoms with Gasteiger partial charge in [-0.3, -0.25) is 9.59 Å². The maximum absolute atomic E-state index is 12.1. The Morgan fingerprint density at radius 2 is 2.33 bits per heavy atom. The number of rotatable bonds is 2. The van der Waals surface area contributed by atoms with Crippen LogP contribution in [-0.4, -0.2) is 46.6 Å². The number of H-pyrrole nitrogens is 1. The molecule has 0 bridgehead atoms. The number of carbonyl (C=O) groups is 1. The van der Waals surface area contributed by atoms with Crippen LogP contribution < -0.4 is 11.3 Å². The summed E-state index contributed by atoms with van der Waals surface area (Å²) >= 11 is 4.85. The van der Waals surface area contributed by atoms with E-state index in [2.05, 4.69) is 4.98 Å². The first-order valence-corrected chi connectivity index (χ1v) is 5.88. The predicted molar refractivity (Wildman–Crippen MR) is 69.5 cm³/mol. The van der Waals surface area contributed by atoms with Gasteiger partial charge in [0.2, 0.25) is 5.56 Å². The lowest BCUT2D eigenvalue weighted by molar-refractivity contribution is 0.00849. The van der Waals surface area contributed by atoms with Gasteiger partial charge in [0.15, 0.2) is 0 Å². The highest BCUT2D eigenvalue weighted by Crippen LogP contribution is 2.09. The summed E-state index contributed by atoms with van der Waals surface area (Å²) in [5, 5.41) is 0. The van der Waals surface area contributed by atoms with Gasteiger partial charge in [-0.2, -0.15) is 0 Å². The van der Waals surface area contributed by atoms with Crippen molar-refractivity contribution in [1.82, 2.24) is 9.88 Å². The first-order valence-electron chi connectivity index (χ1n) is 5.47. The fourth-order valence-corrected chi connectivity index (χ4v) is 1.89. The van der Waals surface area contributed by atoms with E-state index in [0.717, 1.165) is 0 Å². The topological polar surface area (TPSA) is 88.4 Å². The third-order valence-corrected chi connectivity index (χ3v) is 2.93. The number of morpholine rings is 1. The van der Waals surface area contributed by atoms with E-state index in [1.165, 1.54) is 12.1 Å². The summed E-state index contributed by atoms with van der Waals surface area (Å²) in [6, 6.07) is 4.46. The number of carbonyl (C=O) groups excluding carboxylic acids is 1. The van der Waals surface area contributed by atoms with Gasteiger partial charge in [-0.1, -0.05) is 18.3 Å². The normalized spacial score (nSPS) is 19.6. The molecular formula is C11H13N3O3S. The van der Waals surface area contributed by atoms with Crippen molar-refractivity contribution >= 4 is 23.1 Å². The summed E-state index contributed by atoms with van der Waals surface area (Å²) in [4.78, 5) is 27.6. The van der Waals surface area contributed by atoms with Crippen molar-refractivity contribution in [3.05, 3.63) is 34.2 Å². The number of aromatic nitrogens is 1. The van der Waals surface area contributed by atoms with Crippen LogP contribution in [0.1, 0.15) is 10.5 Å². The smallest absolute Gasteiger partial charge is 0.270 e. The number of nitrogens with two attached hydrogens (primary N) is 1. The van der Waals surface area contributed by atoms with Crippen LogP contribution in [-0.2, 0) is 4.74 Å². The molecular weight excluding hydrogens is 254 g/mol. The van der Waals surface area contributed by atoms with Crippen molar-refractivity contribution in [3.8, 4) is 0 Å². The van der Waals surface area contributed by atoms with Gasteiger partial charge in [0.1, 0.15) is 16.8 Å². The van der Waals surface area contributed by atoms with E-state index in [-0.39, 0.29) is 22.1 Å². The number of hydrogen-bond donors (Lipinski definition) is 2. The summed E-state index contributed by atoms with van der Waals surface area (Å²) in [7, 11) is 0. The second-order valence-electron chi connectivity index (χ2n) is 3.94. The Morgan fingerprint density at radius 1 is 1.56 bits per heavy atom. The molecule has 0 spiro atoms. The van der Waals surface area contributed by atoms with Crippen molar-refractivity contribution in [3.63, 3.8) is 0 Å². The zero-order chi connectivity index (χ0) is 13.1. The molecule has 1 aliphatic heterocycles. The van der Waals surface area contributed by atoms with Crippen molar-refractivity contribution < 1.29 is 9.53 Å². The molecule has 1 unspecified atom stereocenters. The number of pyridine rings is 1. The van der Waals surface area contributed by atoms with Crippen LogP contribution in [0.2, 0.25) is 0 Å². The maximum atomic E-state index is 12.1. The van der Waals surface area contributed by atoms with E-state index in [1.807, 2.05) is 0 Å². The van der Waals surface area contributed by atoms with Gasteiger partial charge in [0.25, 0.3) is 5.91 Å². The number of nitrogens with one attached hydrogen (secondary N) is 1. The Morgan fingerprint density at radius 3 is 3.00 bits per heavy atom. The number of amides is 1. The molecule has 1 fully saturated rings. The van der Waals surface area contributed by atoms with Crippen LogP contribution >= 0.6 is 12.2 Å². The molecule has 1 aliphatic rings. The van der Waals surface area contributed by atoms with E-state index in [9.17, 15) is 9.59 Å². The molecule has 2 rings (SSSR count). The van der Waals surface area contributed by atoms with Crippen LogP contribution in [0.25, 0.3) is 0 Å². The molecule has 1 saturated heterocycles. The fraction of sp³-hybridized carbons (Fsp3) is 0.364. The molecule has 0 aliphatic carbocycles. The highest BCUT2D eigenvalue weighted by Gasteiger charge is 2.26. The predicted octanol–water partition coefficient (Wildman–Crippen LogP) is -0.498. The Kier molecular flexibility index (Phi) is 3.73. The molecule has 6 nitrogen and oxygen atoms in total. The van der Waals surface area contributed by atoms with E-state index in [1.54, 1.807) is 11.0 Å². The molecule has 2 heterocycles. The molecule has 1 atom stereocenters. The number of nitrogens with zero attached hydrogens (tertiary/aromatic N) is 1. The van der Waals surface area contributed by atoms with E-state index < -0.39 is 6.10 Å². The quantitative estimate of drug-likeness (QED) is 0.705. The van der Waals surface area contributed by atoms with Gasteiger partial charge in [0.05, 0.1) is 13.2 Å². The second kappa shape index (κ2) is 5.28. The molecule has 0 radical (unpaired) electrons. The largest absolute Gasteiger partial charge is 0.391 e. The molecule has 1 amide bonds. The van der Waals surface area contributed by atoms with Gasteiger partial charge in [0, 0.05) is 12.6 Å². The van der Waals surface area contributed by atoms with Gasteiger partial charge < -0.3 is 20.4 Å². The Bertz CT molecular complexity index is 528. The molecule has 1 aromatic rings. The Balaban J connectivity index is 2.14. The Labute approximate surface area is 109 Å². The molecule has 0 saturated carbocycles. The molecule has 0 aromatic carbocycles. The minimum Gasteiger partial charge on any atom is -0.391 e. The van der Waals surface area contributed by atoms with Gasteiger partial charge in [-0.25, -0.2) is 0 Å². The SMILES string of the molecule is NC(=S)C1CN(C(=O)c2cccc(=O)[nH]2)CCO1.